The maximum atomic E-state index is 11.7. The van der Waals surface area contributed by atoms with Gasteiger partial charge in [-0.15, -0.1) is 0 Å². The maximum Gasteiger partial charge on any atom is 0.223 e. The van der Waals surface area contributed by atoms with Crippen LogP contribution in [0.15, 0.2) is 24.3 Å². The first-order chi connectivity index (χ1) is 8.27. The van der Waals surface area contributed by atoms with Gasteiger partial charge in [-0.3, -0.25) is 4.79 Å². The van der Waals surface area contributed by atoms with Crippen LogP contribution in [0.4, 0.5) is 11.4 Å². The summed E-state index contributed by atoms with van der Waals surface area (Å²) in [6, 6.07) is 8.79. The summed E-state index contributed by atoms with van der Waals surface area (Å²) in [5, 5.41) is 0. The van der Waals surface area contributed by atoms with Crippen LogP contribution in [-0.4, -0.2) is 25.0 Å². The molecule has 1 saturated heterocycles. The first-order valence-corrected chi connectivity index (χ1v) is 6.41. The third-order valence-corrected chi connectivity index (χ3v) is 3.88. The van der Waals surface area contributed by atoms with Gasteiger partial charge in [-0.05, 0) is 31.4 Å². The van der Waals surface area contributed by atoms with Crippen LogP contribution in [0.2, 0.25) is 0 Å². The minimum absolute atomic E-state index is 0.155. The largest absolute Gasteiger partial charge is 0.365 e. The van der Waals surface area contributed by atoms with E-state index >= 15 is 0 Å². The van der Waals surface area contributed by atoms with Crippen molar-refractivity contribution in [2.75, 3.05) is 22.9 Å². The molecule has 3 rings (SSSR count). The predicted molar refractivity (Wildman–Crippen MR) is 69.5 cm³/mol. The molecule has 1 fully saturated rings. The standard InChI is InChI=1S/C14H18N2O/c1-11(17)16-10-12-6-4-5-9-15(12)13-7-2-3-8-14(13)16/h2-3,7-8,12H,4-6,9-10H2,1H3. The Morgan fingerprint density at radius 1 is 1.24 bits per heavy atom. The monoisotopic (exact) mass is 230 g/mol. The Morgan fingerprint density at radius 3 is 2.76 bits per heavy atom. The average molecular weight is 230 g/mol. The van der Waals surface area contributed by atoms with Crippen molar-refractivity contribution >= 4 is 17.3 Å². The highest BCUT2D eigenvalue weighted by atomic mass is 16.2. The lowest BCUT2D eigenvalue weighted by molar-refractivity contribution is -0.116. The van der Waals surface area contributed by atoms with Gasteiger partial charge in [-0.25, -0.2) is 0 Å². The lowest BCUT2D eigenvalue weighted by atomic mass is 9.97. The van der Waals surface area contributed by atoms with Crippen molar-refractivity contribution in [2.24, 2.45) is 0 Å². The molecule has 17 heavy (non-hydrogen) atoms. The number of amides is 1. The van der Waals surface area contributed by atoms with Gasteiger partial charge in [0, 0.05) is 26.1 Å². The molecule has 2 heterocycles. The zero-order valence-electron chi connectivity index (χ0n) is 10.2. The minimum Gasteiger partial charge on any atom is -0.365 e. The smallest absolute Gasteiger partial charge is 0.223 e. The van der Waals surface area contributed by atoms with Crippen LogP contribution in [-0.2, 0) is 4.79 Å². The summed E-state index contributed by atoms with van der Waals surface area (Å²) in [5.41, 5.74) is 2.32. The molecule has 3 nitrogen and oxygen atoms in total. The van der Waals surface area contributed by atoms with Gasteiger partial charge in [0.1, 0.15) is 0 Å². The fourth-order valence-electron chi connectivity index (χ4n) is 3.05. The zero-order chi connectivity index (χ0) is 11.8. The predicted octanol–water partition coefficient (Wildman–Crippen LogP) is 2.41. The van der Waals surface area contributed by atoms with Gasteiger partial charge < -0.3 is 9.80 Å². The summed E-state index contributed by atoms with van der Waals surface area (Å²) >= 11 is 0. The number of fused-ring (bicyclic) bond motifs is 3. The second kappa shape index (κ2) is 4.06. The summed E-state index contributed by atoms with van der Waals surface area (Å²) in [5.74, 6) is 0.155. The summed E-state index contributed by atoms with van der Waals surface area (Å²) in [6.45, 7) is 3.65. The number of piperidine rings is 1. The van der Waals surface area contributed by atoms with E-state index in [4.69, 9.17) is 0 Å². The Kier molecular flexibility index (Phi) is 2.54. The summed E-state index contributed by atoms with van der Waals surface area (Å²) in [6.07, 6.45) is 3.76. The van der Waals surface area contributed by atoms with E-state index in [-0.39, 0.29) is 5.91 Å². The van der Waals surface area contributed by atoms with Crippen LogP contribution in [0, 0.1) is 0 Å². The molecule has 0 radical (unpaired) electrons. The van der Waals surface area contributed by atoms with Crippen molar-refractivity contribution < 1.29 is 4.79 Å². The summed E-state index contributed by atoms with van der Waals surface area (Å²) < 4.78 is 0. The molecule has 0 saturated carbocycles. The topological polar surface area (TPSA) is 23.6 Å². The van der Waals surface area contributed by atoms with E-state index in [0.717, 1.165) is 18.8 Å². The van der Waals surface area contributed by atoms with Crippen molar-refractivity contribution in [3.05, 3.63) is 24.3 Å². The molecule has 0 N–H and O–H groups in total. The van der Waals surface area contributed by atoms with Gasteiger partial charge in [-0.2, -0.15) is 0 Å². The minimum atomic E-state index is 0.155. The molecule has 2 aliphatic rings. The lowest BCUT2D eigenvalue weighted by Gasteiger charge is -2.46. The molecule has 1 atom stereocenters. The van der Waals surface area contributed by atoms with E-state index in [1.165, 1.54) is 24.9 Å². The molecule has 0 aliphatic carbocycles. The van der Waals surface area contributed by atoms with E-state index in [1.54, 1.807) is 6.92 Å². The quantitative estimate of drug-likeness (QED) is 0.683. The molecule has 1 unspecified atom stereocenters. The average Bonchev–Trinajstić information content (AvgIpc) is 2.37. The highest BCUT2D eigenvalue weighted by Crippen LogP contribution is 2.38. The van der Waals surface area contributed by atoms with Crippen molar-refractivity contribution in [1.29, 1.82) is 0 Å². The second-order valence-corrected chi connectivity index (χ2v) is 4.96. The first kappa shape index (κ1) is 10.6. The Hall–Kier alpha value is -1.51. The molecule has 90 valence electrons. The molecule has 0 aromatic heterocycles. The second-order valence-electron chi connectivity index (χ2n) is 4.96. The van der Waals surface area contributed by atoms with Crippen molar-refractivity contribution in [3.8, 4) is 0 Å². The van der Waals surface area contributed by atoms with E-state index < -0.39 is 0 Å². The van der Waals surface area contributed by atoms with Gasteiger partial charge in [0.15, 0.2) is 0 Å². The van der Waals surface area contributed by atoms with E-state index in [2.05, 4.69) is 23.1 Å². The molecule has 2 aliphatic heterocycles. The highest BCUT2D eigenvalue weighted by molar-refractivity contribution is 5.96. The fraction of sp³-hybridized carbons (Fsp3) is 0.500. The number of rotatable bonds is 0. The Bertz CT molecular complexity index is 444. The molecule has 1 aromatic carbocycles. The number of hydrogen-bond acceptors (Lipinski definition) is 2. The van der Waals surface area contributed by atoms with Gasteiger partial charge in [0.05, 0.1) is 11.4 Å². The number of benzene rings is 1. The third-order valence-electron chi connectivity index (χ3n) is 3.88. The Morgan fingerprint density at radius 2 is 2.00 bits per heavy atom. The Balaban J connectivity index is 2.05. The van der Waals surface area contributed by atoms with Gasteiger partial charge in [0.25, 0.3) is 0 Å². The Labute approximate surface area is 102 Å². The molecule has 1 amide bonds. The van der Waals surface area contributed by atoms with Crippen molar-refractivity contribution in [2.45, 2.75) is 32.2 Å². The zero-order valence-corrected chi connectivity index (χ0v) is 10.2. The van der Waals surface area contributed by atoms with Crippen molar-refractivity contribution in [3.63, 3.8) is 0 Å². The van der Waals surface area contributed by atoms with Crippen LogP contribution < -0.4 is 9.80 Å². The number of nitrogens with zero attached hydrogens (tertiary/aromatic N) is 2. The van der Waals surface area contributed by atoms with Gasteiger partial charge >= 0.3 is 0 Å². The molecule has 3 heteroatoms. The molecule has 1 aromatic rings. The molecular weight excluding hydrogens is 212 g/mol. The summed E-state index contributed by atoms with van der Waals surface area (Å²) in [7, 11) is 0. The van der Waals surface area contributed by atoms with E-state index in [9.17, 15) is 4.79 Å². The van der Waals surface area contributed by atoms with E-state index in [1.807, 2.05) is 11.0 Å². The molecular formula is C14H18N2O. The van der Waals surface area contributed by atoms with E-state index in [0.29, 0.717) is 6.04 Å². The number of carbonyl (C=O) groups excluding carboxylic acids is 1. The van der Waals surface area contributed by atoms with Crippen LogP contribution in [0.1, 0.15) is 26.2 Å². The van der Waals surface area contributed by atoms with Crippen LogP contribution in [0.3, 0.4) is 0 Å². The highest BCUT2D eigenvalue weighted by Gasteiger charge is 2.33. The number of para-hydroxylation sites is 2. The molecule has 0 spiro atoms. The number of anilines is 2. The third kappa shape index (κ3) is 1.70. The number of hydrogen-bond donors (Lipinski definition) is 0. The summed E-state index contributed by atoms with van der Waals surface area (Å²) in [4.78, 5) is 16.2. The van der Waals surface area contributed by atoms with Crippen molar-refractivity contribution in [1.82, 2.24) is 0 Å². The van der Waals surface area contributed by atoms with Crippen LogP contribution in [0.5, 0.6) is 0 Å². The van der Waals surface area contributed by atoms with Gasteiger partial charge in [0.2, 0.25) is 5.91 Å². The maximum absolute atomic E-state index is 11.7. The van der Waals surface area contributed by atoms with Crippen LogP contribution >= 0.6 is 0 Å². The normalized spacial score (nSPS) is 23.0. The SMILES string of the molecule is CC(=O)N1CC2CCCCN2c2ccccc21. The number of carbonyl (C=O) groups is 1. The lowest BCUT2D eigenvalue weighted by Crippen LogP contribution is -2.52. The first-order valence-electron chi connectivity index (χ1n) is 6.41. The van der Waals surface area contributed by atoms with Gasteiger partial charge in [-0.1, -0.05) is 12.1 Å². The molecule has 0 bridgehead atoms. The van der Waals surface area contributed by atoms with Crippen LogP contribution in [0.25, 0.3) is 0 Å². The fourth-order valence-corrected chi connectivity index (χ4v) is 3.05.